The Morgan fingerprint density at radius 2 is 1.90 bits per heavy atom. The van der Waals surface area contributed by atoms with Crippen LogP contribution in [0.4, 0.5) is 5.69 Å². The lowest BCUT2D eigenvalue weighted by Gasteiger charge is -2.00. The summed E-state index contributed by atoms with van der Waals surface area (Å²) in [6, 6.07) is 14.2. The fourth-order valence-corrected chi connectivity index (χ4v) is 3.20. The monoisotopic (exact) mass is 426 g/mol. The number of aromatic carboxylic acids is 1. The third kappa shape index (κ3) is 3.94. The fraction of sp³-hybridized carbons (Fsp3) is 0. The number of carboxylic acid groups (broad SMARTS) is 1. The van der Waals surface area contributed by atoms with E-state index in [9.17, 15) is 9.90 Å². The number of nitrogens with zero attached hydrogens (tertiary/aromatic N) is 2. The summed E-state index contributed by atoms with van der Waals surface area (Å²) >= 11 is 12.1. The first-order chi connectivity index (χ1) is 13.9. The van der Waals surface area contributed by atoms with Crippen molar-refractivity contribution >= 4 is 52.2 Å². The maximum Gasteiger partial charge on any atom is 0.335 e. The van der Waals surface area contributed by atoms with Crippen molar-refractivity contribution in [2.24, 2.45) is 4.99 Å². The number of aromatic nitrogens is 1. The third-order valence-corrected chi connectivity index (χ3v) is 4.71. The van der Waals surface area contributed by atoms with Gasteiger partial charge in [0.05, 0.1) is 21.8 Å². The molecule has 0 aliphatic heterocycles. The first-order valence-corrected chi connectivity index (χ1v) is 9.13. The number of fused-ring (bicyclic) bond motifs is 1. The summed E-state index contributed by atoms with van der Waals surface area (Å²) in [7, 11) is 0. The van der Waals surface area contributed by atoms with Crippen LogP contribution in [0.3, 0.4) is 0 Å². The number of oxazole rings is 1. The average Bonchev–Trinajstić information content (AvgIpc) is 3.10. The molecule has 0 saturated heterocycles. The molecule has 1 heterocycles. The molecule has 0 unspecified atom stereocenters. The molecule has 0 bridgehead atoms. The van der Waals surface area contributed by atoms with E-state index in [1.54, 1.807) is 36.4 Å². The molecule has 144 valence electrons. The Morgan fingerprint density at radius 3 is 2.66 bits per heavy atom. The lowest BCUT2D eigenvalue weighted by atomic mass is 10.1. The highest BCUT2D eigenvalue weighted by atomic mass is 35.5. The zero-order chi connectivity index (χ0) is 20.5. The maximum atomic E-state index is 11.1. The van der Waals surface area contributed by atoms with E-state index in [-0.39, 0.29) is 11.3 Å². The molecule has 29 heavy (non-hydrogen) atoms. The number of phenols is 1. The molecule has 1 aromatic heterocycles. The van der Waals surface area contributed by atoms with Crippen LogP contribution in [0, 0.1) is 0 Å². The molecule has 0 aliphatic rings. The van der Waals surface area contributed by atoms with Gasteiger partial charge in [-0.05, 0) is 54.6 Å². The molecule has 6 nitrogen and oxygen atoms in total. The Labute approximate surface area is 174 Å². The molecule has 2 N–H and O–H groups in total. The number of benzene rings is 3. The Balaban J connectivity index is 1.67. The number of aliphatic imine (C=N–C) groups is 1. The molecule has 0 amide bonds. The van der Waals surface area contributed by atoms with Crippen LogP contribution in [0.2, 0.25) is 10.0 Å². The average molecular weight is 427 g/mol. The molecular weight excluding hydrogens is 415 g/mol. The van der Waals surface area contributed by atoms with Crippen molar-refractivity contribution in [2.45, 2.75) is 0 Å². The Morgan fingerprint density at radius 1 is 1.07 bits per heavy atom. The van der Waals surface area contributed by atoms with Crippen LogP contribution in [0.1, 0.15) is 15.9 Å². The topological polar surface area (TPSA) is 95.9 Å². The number of halogens is 2. The van der Waals surface area contributed by atoms with E-state index in [1.165, 1.54) is 24.4 Å². The van der Waals surface area contributed by atoms with E-state index in [0.29, 0.717) is 43.9 Å². The standard InChI is InChI=1S/C21H12Cl2N2O4/c22-13-2-4-15(16(23)8-13)20-25-17-9-14(3-6-19(17)29-20)24-10-12-7-11(21(27)28)1-5-18(12)26/h1-10,26H,(H,27,28). The number of hydrogen-bond acceptors (Lipinski definition) is 5. The molecular formula is C21H12Cl2N2O4. The van der Waals surface area contributed by atoms with Gasteiger partial charge in [-0.25, -0.2) is 9.78 Å². The van der Waals surface area contributed by atoms with E-state index in [2.05, 4.69) is 9.98 Å². The van der Waals surface area contributed by atoms with Crippen molar-refractivity contribution in [2.75, 3.05) is 0 Å². The van der Waals surface area contributed by atoms with Crippen molar-refractivity contribution in [1.29, 1.82) is 0 Å². The number of aromatic hydroxyl groups is 1. The van der Waals surface area contributed by atoms with Gasteiger partial charge < -0.3 is 14.6 Å². The first-order valence-electron chi connectivity index (χ1n) is 8.37. The molecule has 3 aromatic carbocycles. The summed E-state index contributed by atoms with van der Waals surface area (Å²) < 4.78 is 5.76. The zero-order valence-corrected chi connectivity index (χ0v) is 16.1. The van der Waals surface area contributed by atoms with E-state index < -0.39 is 5.97 Å². The lowest BCUT2D eigenvalue weighted by molar-refractivity contribution is 0.0697. The SMILES string of the molecule is O=C(O)c1ccc(O)c(C=Nc2ccc3oc(-c4ccc(Cl)cc4Cl)nc3c2)c1. The van der Waals surface area contributed by atoms with E-state index in [4.69, 9.17) is 32.7 Å². The lowest BCUT2D eigenvalue weighted by Crippen LogP contribution is -1.97. The number of carboxylic acids is 1. The van der Waals surface area contributed by atoms with Gasteiger partial charge in [-0.1, -0.05) is 23.2 Å². The Hall–Kier alpha value is -3.35. The molecule has 0 aliphatic carbocycles. The van der Waals surface area contributed by atoms with Crippen molar-refractivity contribution in [3.8, 4) is 17.2 Å². The van der Waals surface area contributed by atoms with Crippen LogP contribution in [-0.4, -0.2) is 27.4 Å². The maximum absolute atomic E-state index is 11.1. The Kier molecular flexibility index (Phi) is 4.96. The molecule has 4 aromatic rings. The highest BCUT2D eigenvalue weighted by Crippen LogP contribution is 2.33. The van der Waals surface area contributed by atoms with Gasteiger partial charge in [0.15, 0.2) is 5.58 Å². The minimum absolute atomic E-state index is 0.0562. The quantitative estimate of drug-likeness (QED) is 0.392. The van der Waals surface area contributed by atoms with Gasteiger partial charge >= 0.3 is 5.97 Å². The van der Waals surface area contributed by atoms with Crippen molar-refractivity contribution in [3.63, 3.8) is 0 Å². The van der Waals surface area contributed by atoms with Crippen LogP contribution in [0.5, 0.6) is 5.75 Å². The summed E-state index contributed by atoms with van der Waals surface area (Å²) in [5.74, 6) is -0.799. The predicted molar refractivity (Wildman–Crippen MR) is 112 cm³/mol. The summed E-state index contributed by atoms with van der Waals surface area (Å²) in [5, 5.41) is 19.9. The normalized spacial score (nSPS) is 11.4. The zero-order valence-electron chi connectivity index (χ0n) is 14.6. The van der Waals surface area contributed by atoms with Crippen LogP contribution >= 0.6 is 23.2 Å². The van der Waals surface area contributed by atoms with Gasteiger partial charge in [0, 0.05) is 16.8 Å². The van der Waals surface area contributed by atoms with Crippen LogP contribution in [0.25, 0.3) is 22.6 Å². The number of carbonyl (C=O) groups is 1. The van der Waals surface area contributed by atoms with Gasteiger partial charge in [0.1, 0.15) is 11.3 Å². The molecule has 0 saturated carbocycles. The van der Waals surface area contributed by atoms with Gasteiger partial charge in [-0.3, -0.25) is 4.99 Å². The fourth-order valence-electron chi connectivity index (χ4n) is 2.71. The summed E-state index contributed by atoms with van der Waals surface area (Å²) in [5.41, 5.74) is 2.65. The molecule has 4 rings (SSSR count). The highest BCUT2D eigenvalue weighted by molar-refractivity contribution is 6.36. The summed E-state index contributed by atoms with van der Waals surface area (Å²) in [6.07, 6.45) is 1.39. The number of hydrogen-bond donors (Lipinski definition) is 2. The van der Waals surface area contributed by atoms with Gasteiger partial charge in [0.25, 0.3) is 0 Å². The second-order valence-electron chi connectivity index (χ2n) is 6.13. The van der Waals surface area contributed by atoms with E-state index >= 15 is 0 Å². The molecule has 0 radical (unpaired) electrons. The van der Waals surface area contributed by atoms with E-state index in [1.807, 2.05) is 0 Å². The van der Waals surface area contributed by atoms with Crippen molar-refractivity contribution in [1.82, 2.24) is 4.98 Å². The van der Waals surface area contributed by atoms with Crippen LogP contribution in [-0.2, 0) is 0 Å². The summed E-state index contributed by atoms with van der Waals surface area (Å²) in [4.78, 5) is 19.8. The highest BCUT2D eigenvalue weighted by Gasteiger charge is 2.12. The van der Waals surface area contributed by atoms with Crippen LogP contribution in [0.15, 0.2) is 64.0 Å². The van der Waals surface area contributed by atoms with Crippen LogP contribution < -0.4 is 0 Å². The Bertz CT molecular complexity index is 1280. The first kappa shape index (κ1) is 19.0. The molecule has 0 atom stereocenters. The number of rotatable bonds is 4. The summed E-state index contributed by atoms with van der Waals surface area (Å²) in [6.45, 7) is 0. The van der Waals surface area contributed by atoms with Gasteiger partial charge in [-0.15, -0.1) is 0 Å². The smallest absolute Gasteiger partial charge is 0.335 e. The number of phenolic OH excluding ortho intramolecular Hbond substituents is 1. The molecule has 8 heteroatoms. The van der Waals surface area contributed by atoms with Crippen molar-refractivity contribution in [3.05, 3.63) is 75.8 Å². The third-order valence-electron chi connectivity index (χ3n) is 4.16. The van der Waals surface area contributed by atoms with Crippen molar-refractivity contribution < 1.29 is 19.4 Å². The van der Waals surface area contributed by atoms with E-state index in [0.717, 1.165) is 0 Å². The predicted octanol–water partition coefficient (Wildman–Crippen LogP) is 5.96. The largest absolute Gasteiger partial charge is 0.507 e. The second-order valence-corrected chi connectivity index (χ2v) is 6.98. The van der Waals surface area contributed by atoms with Gasteiger partial charge in [0.2, 0.25) is 5.89 Å². The molecule has 0 spiro atoms. The minimum atomic E-state index is -1.09. The second kappa shape index (κ2) is 7.58. The van der Waals surface area contributed by atoms with Gasteiger partial charge in [-0.2, -0.15) is 0 Å². The minimum Gasteiger partial charge on any atom is -0.507 e. The molecule has 0 fully saturated rings.